The number of halogens is 1. The molecule has 0 radical (unpaired) electrons. The van der Waals surface area contributed by atoms with Crippen LogP contribution < -0.4 is 15.1 Å². The lowest BCUT2D eigenvalue weighted by atomic mass is 9.82. The molecule has 3 aliphatic rings. The fourth-order valence-electron chi connectivity index (χ4n) is 5.92. The molecule has 2 atom stereocenters. The zero-order chi connectivity index (χ0) is 23.1. The zero-order valence-corrected chi connectivity index (χ0v) is 20.9. The van der Waals surface area contributed by atoms with E-state index in [1.165, 1.54) is 19.3 Å². The topological polar surface area (TPSA) is 77.7 Å². The molecule has 2 aromatic heterocycles. The van der Waals surface area contributed by atoms with Gasteiger partial charge in [-0.1, -0.05) is 18.6 Å². The highest BCUT2D eigenvalue weighted by Gasteiger charge is 2.36. The molecule has 2 bridgehead atoms. The van der Waals surface area contributed by atoms with Gasteiger partial charge in [0.15, 0.2) is 5.58 Å². The molecule has 0 aliphatic carbocycles. The van der Waals surface area contributed by atoms with Gasteiger partial charge in [-0.25, -0.2) is 4.98 Å². The summed E-state index contributed by atoms with van der Waals surface area (Å²) in [4.78, 5) is 29.5. The lowest BCUT2D eigenvalue weighted by molar-refractivity contribution is 0.0463. The van der Waals surface area contributed by atoms with E-state index >= 15 is 0 Å². The number of piperidine rings is 2. The number of pyridine rings is 1. The molecule has 1 amide bonds. The molecule has 35 heavy (non-hydrogen) atoms. The first-order valence-electron chi connectivity index (χ1n) is 12.5. The van der Waals surface area contributed by atoms with Crippen molar-refractivity contribution in [3.63, 3.8) is 0 Å². The molecule has 3 aromatic rings. The fraction of sp³-hybridized carbons (Fsp3) is 0.500. The van der Waals surface area contributed by atoms with Crippen LogP contribution in [0.15, 0.2) is 47.0 Å². The van der Waals surface area contributed by atoms with Crippen molar-refractivity contribution in [1.82, 2.24) is 20.2 Å². The van der Waals surface area contributed by atoms with E-state index < -0.39 is 0 Å². The van der Waals surface area contributed by atoms with Gasteiger partial charge in [0.25, 0.3) is 11.9 Å². The number of carbonyl (C=O) groups is 1. The summed E-state index contributed by atoms with van der Waals surface area (Å²) >= 11 is 0. The first kappa shape index (κ1) is 23.9. The quantitative estimate of drug-likeness (QED) is 0.589. The summed E-state index contributed by atoms with van der Waals surface area (Å²) in [6, 6.07) is 13.6. The maximum atomic E-state index is 13.3. The number of nitrogens with one attached hydrogen (secondary N) is 1. The second kappa shape index (κ2) is 10.0. The molecule has 8 nitrogen and oxygen atoms in total. The molecular weight excluding hydrogens is 464 g/mol. The van der Waals surface area contributed by atoms with Crippen molar-refractivity contribution in [2.75, 3.05) is 43.0 Å². The van der Waals surface area contributed by atoms with Gasteiger partial charge >= 0.3 is 0 Å². The van der Waals surface area contributed by atoms with Crippen LogP contribution in [0, 0.1) is 0 Å². The Kier molecular flexibility index (Phi) is 6.84. The molecule has 2 unspecified atom stereocenters. The molecule has 0 spiro atoms. The van der Waals surface area contributed by atoms with Crippen molar-refractivity contribution in [3.8, 4) is 0 Å². The Morgan fingerprint density at radius 1 is 1.00 bits per heavy atom. The van der Waals surface area contributed by atoms with E-state index in [2.05, 4.69) is 32.0 Å². The van der Waals surface area contributed by atoms with Crippen LogP contribution in [0.25, 0.3) is 11.1 Å². The molecule has 3 fully saturated rings. The number of hydrogen-bond donors (Lipinski definition) is 1. The van der Waals surface area contributed by atoms with Gasteiger partial charge in [0, 0.05) is 50.5 Å². The van der Waals surface area contributed by atoms with Gasteiger partial charge in [0.05, 0.1) is 5.56 Å². The second-order valence-corrected chi connectivity index (χ2v) is 9.86. The third kappa shape index (κ3) is 4.69. The molecule has 0 saturated carbocycles. The number of nitrogens with zero attached hydrogens (tertiary/aromatic N) is 5. The van der Waals surface area contributed by atoms with Crippen molar-refractivity contribution in [1.29, 1.82) is 0 Å². The van der Waals surface area contributed by atoms with Crippen LogP contribution in [0.4, 0.5) is 11.8 Å². The highest BCUT2D eigenvalue weighted by Crippen LogP contribution is 2.33. The summed E-state index contributed by atoms with van der Waals surface area (Å²) in [5.74, 6) is 0.953. The van der Waals surface area contributed by atoms with Gasteiger partial charge in [0.1, 0.15) is 11.3 Å². The number of aromatic nitrogens is 2. The molecule has 9 heteroatoms. The maximum absolute atomic E-state index is 13.3. The monoisotopic (exact) mass is 496 g/mol. The molecule has 3 aliphatic heterocycles. The van der Waals surface area contributed by atoms with E-state index in [-0.39, 0.29) is 24.4 Å². The van der Waals surface area contributed by atoms with Gasteiger partial charge < -0.3 is 24.4 Å². The fourth-order valence-corrected chi connectivity index (χ4v) is 5.92. The van der Waals surface area contributed by atoms with E-state index in [4.69, 9.17) is 9.40 Å². The minimum absolute atomic E-state index is 0. The molecule has 6 rings (SSSR count). The van der Waals surface area contributed by atoms with Gasteiger partial charge in [-0.3, -0.25) is 4.79 Å². The number of anilines is 2. The van der Waals surface area contributed by atoms with Crippen LogP contribution in [0.1, 0.15) is 42.5 Å². The Morgan fingerprint density at radius 3 is 2.46 bits per heavy atom. The van der Waals surface area contributed by atoms with E-state index in [1.54, 1.807) is 0 Å². The number of carbonyl (C=O) groups excluding carboxylic acids is 1. The summed E-state index contributed by atoms with van der Waals surface area (Å²) in [6.07, 6.45) is 7.65. The second-order valence-electron chi connectivity index (χ2n) is 9.86. The Bertz CT molecular complexity index is 1150. The highest BCUT2D eigenvalue weighted by molar-refractivity contribution is 6.04. The van der Waals surface area contributed by atoms with Crippen molar-refractivity contribution in [2.24, 2.45) is 0 Å². The largest absolute Gasteiger partial charge is 0.423 e. The molecule has 5 heterocycles. The Morgan fingerprint density at radius 2 is 1.74 bits per heavy atom. The van der Waals surface area contributed by atoms with Gasteiger partial charge in [-0.15, -0.1) is 12.4 Å². The molecule has 186 valence electrons. The lowest BCUT2D eigenvalue weighted by Crippen LogP contribution is -2.55. The summed E-state index contributed by atoms with van der Waals surface area (Å²) in [7, 11) is 2.24. The minimum atomic E-state index is -0.0435. The average Bonchev–Trinajstić information content (AvgIpc) is 3.30. The van der Waals surface area contributed by atoms with Crippen molar-refractivity contribution in [3.05, 3.63) is 48.2 Å². The number of oxazole rings is 1. The average molecular weight is 497 g/mol. The highest BCUT2D eigenvalue weighted by atomic mass is 35.5. The van der Waals surface area contributed by atoms with Crippen LogP contribution >= 0.6 is 12.4 Å². The number of hydrogen-bond acceptors (Lipinski definition) is 7. The van der Waals surface area contributed by atoms with Crippen LogP contribution in [0.3, 0.4) is 0 Å². The molecular formula is C26H33ClN6O2. The molecule has 1 N–H and O–H groups in total. The molecule has 1 aromatic carbocycles. The summed E-state index contributed by atoms with van der Waals surface area (Å²) in [5.41, 5.74) is 1.91. The Hall–Kier alpha value is -2.84. The predicted octanol–water partition coefficient (Wildman–Crippen LogP) is 3.72. The summed E-state index contributed by atoms with van der Waals surface area (Å²) in [5, 5.41) is 3.31. The van der Waals surface area contributed by atoms with Crippen LogP contribution in [-0.2, 0) is 0 Å². The van der Waals surface area contributed by atoms with Crippen LogP contribution in [-0.4, -0.2) is 72.1 Å². The van der Waals surface area contributed by atoms with Crippen molar-refractivity contribution < 1.29 is 9.21 Å². The van der Waals surface area contributed by atoms with Crippen LogP contribution in [0.5, 0.6) is 0 Å². The van der Waals surface area contributed by atoms with Gasteiger partial charge in [-0.05, 0) is 57.0 Å². The van der Waals surface area contributed by atoms with E-state index in [0.29, 0.717) is 34.8 Å². The van der Waals surface area contributed by atoms with Crippen molar-refractivity contribution in [2.45, 2.75) is 50.2 Å². The Labute approximate surface area is 212 Å². The number of amides is 1. The van der Waals surface area contributed by atoms with Crippen LogP contribution in [0.2, 0.25) is 0 Å². The predicted molar refractivity (Wildman–Crippen MR) is 140 cm³/mol. The smallest absolute Gasteiger partial charge is 0.298 e. The first-order valence-corrected chi connectivity index (χ1v) is 12.5. The minimum Gasteiger partial charge on any atom is -0.423 e. The molecule has 3 saturated heterocycles. The van der Waals surface area contributed by atoms with E-state index in [0.717, 1.165) is 44.8 Å². The zero-order valence-electron chi connectivity index (χ0n) is 20.1. The summed E-state index contributed by atoms with van der Waals surface area (Å²) in [6.45, 7) is 3.29. The first-order chi connectivity index (χ1) is 16.7. The SMILES string of the molecule is CN1C2CCCC1CC(NC(=O)c1cccc3oc(N4CCN(c5ccccn5)CC4)nc13)C2.Cl. The van der Waals surface area contributed by atoms with E-state index in [1.807, 2.05) is 42.6 Å². The summed E-state index contributed by atoms with van der Waals surface area (Å²) < 4.78 is 6.10. The normalized spacial score (nSPS) is 24.8. The van der Waals surface area contributed by atoms with Gasteiger partial charge in [0.2, 0.25) is 0 Å². The standard InChI is InChI=1S/C26H32N6O2.ClH/c1-30-19-6-4-7-20(30)17-18(16-19)28-25(33)21-8-5-9-22-24(21)29-26(34-22)32-14-12-31(13-15-32)23-10-2-3-11-27-23;/h2-3,5,8-11,18-20H,4,6-7,12-17H2,1H3,(H,28,33);1H. The van der Waals surface area contributed by atoms with Crippen molar-refractivity contribution >= 4 is 41.2 Å². The maximum Gasteiger partial charge on any atom is 0.298 e. The van der Waals surface area contributed by atoms with Gasteiger partial charge in [-0.2, -0.15) is 4.98 Å². The number of rotatable bonds is 4. The number of benzene rings is 1. The number of para-hydroxylation sites is 1. The third-order valence-corrected chi connectivity index (χ3v) is 7.85. The third-order valence-electron chi connectivity index (χ3n) is 7.85. The van der Waals surface area contributed by atoms with E-state index in [9.17, 15) is 4.79 Å². The number of piperazine rings is 1. The number of fused-ring (bicyclic) bond motifs is 3. The Balaban J connectivity index is 0.00000253. The lowest BCUT2D eigenvalue weighted by Gasteiger charge is -2.47.